The Morgan fingerprint density at radius 3 is 2.63 bits per heavy atom. The van der Waals surface area contributed by atoms with E-state index in [1.165, 1.54) is 0 Å². The SMILES string of the molecule is COc1ccccc1CN1COc2ccc3c(-c4ccccc4)cc(=O)oc3c2C1. The third-order valence-electron chi connectivity index (χ3n) is 5.43. The van der Waals surface area contributed by atoms with Crippen molar-refractivity contribution in [3.05, 3.63) is 94.3 Å². The van der Waals surface area contributed by atoms with E-state index in [1.54, 1.807) is 13.2 Å². The first-order valence-electron chi connectivity index (χ1n) is 9.85. The van der Waals surface area contributed by atoms with Crippen LogP contribution in [0.5, 0.6) is 11.5 Å². The van der Waals surface area contributed by atoms with Gasteiger partial charge >= 0.3 is 5.63 Å². The number of benzene rings is 3. The standard InChI is InChI=1S/C25H21NO4/c1-28-22-10-6-5-9-18(22)14-26-15-21-23(29-16-26)12-11-19-20(13-24(27)30-25(19)21)17-7-3-2-4-8-17/h2-13H,14-16H2,1H3. The highest BCUT2D eigenvalue weighted by Crippen LogP contribution is 2.36. The number of nitrogens with zero attached hydrogens (tertiary/aromatic N) is 1. The Balaban J connectivity index is 1.56. The van der Waals surface area contributed by atoms with Gasteiger partial charge in [0.2, 0.25) is 0 Å². The summed E-state index contributed by atoms with van der Waals surface area (Å²) >= 11 is 0. The van der Waals surface area contributed by atoms with E-state index in [0.29, 0.717) is 25.4 Å². The lowest BCUT2D eigenvalue weighted by molar-refractivity contribution is 0.0882. The Morgan fingerprint density at radius 1 is 1.00 bits per heavy atom. The molecule has 4 aromatic rings. The highest BCUT2D eigenvalue weighted by molar-refractivity contribution is 5.95. The Morgan fingerprint density at radius 2 is 1.80 bits per heavy atom. The molecule has 0 spiro atoms. The molecule has 0 N–H and O–H groups in total. The van der Waals surface area contributed by atoms with Gasteiger partial charge < -0.3 is 13.9 Å². The maximum atomic E-state index is 12.4. The average Bonchev–Trinajstić information content (AvgIpc) is 2.79. The fraction of sp³-hybridized carbons (Fsp3) is 0.160. The third-order valence-corrected chi connectivity index (χ3v) is 5.43. The highest BCUT2D eigenvalue weighted by atomic mass is 16.5. The first kappa shape index (κ1) is 18.5. The van der Waals surface area contributed by atoms with Gasteiger partial charge in [0.05, 0.1) is 12.7 Å². The molecule has 0 amide bonds. The van der Waals surface area contributed by atoms with Gasteiger partial charge in [-0.3, -0.25) is 4.90 Å². The first-order valence-corrected chi connectivity index (χ1v) is 9.85. The van der Waals surface area contributed by atoms with E-state index in [2.05, 4.69) is 4.90 Å². The fourth-order valence-corrected chi connectivity index (χ4v) is 4.01. The van der Waals surface area contributed by atoms with Crippen LogP contribution in [0.1, 0.15) is 11.1 Å². The Kier molecular flexibility index (Phi) is 4.73. The third kappa shape index (κ3) is 3.33. The van der Waals surface area contributed by atoms with Crippen LogP contribution in [-0.2, 0) is 13.1 Å². The minimum Gasteiger partial charge on any atom is -0.496 e. The van der Waals surface area contributed by atoms with Crippen LogP contribution in [0.4, 0.5) is 0 Å². The maximum Gasteiger partial charge on any atom is 0.336 e. The van der Waals surface area contributed by atoms with E-state index in [9.17, 15) is 4.79 Å². The number of rotatable bonds is 4. The zero-order chi connectivity index (χ0) is 20.5. The second-order valence-electron chi connectivity index (χ2n) is 7.34. The van der Waals surface area contributed by atoms with Crippen LogP contribution >= 0.6 is 0 Å². The number of methoxy groups -OCH3 is 1. The Labute approximate surface area is 174 Å². The predicted molar refractivity (Wildman–Crippen MR) is 116 cm³/mol. The van der Waals surface area contributed by atoms with Gasteiger partial charge in [0, 0.05) is 30.1 Å². The lowest BCUT2D eigenvalue weighted by atomic mass is 9.99. The number of hydrogen-bond acceptors (Lipinski definition) is 5. The van der Waals surface area contributed by atoms with Crippen molar-refractivity contribution >= 4 is 11.0 Å². The number of ether oxygens (including phenoxy) is 2. The van der Waals surface area contributed by atoms with Crippen molar-refractivity contribution in [1.82, 2.24) is 4.90 Å². The van der Waals surface area contributed by atoms with Gasteiger partial charge in [-0.15, -0.1) is 0 Å². The van der Waals surface area contributed by atoms with Crippen molar-refractivity contribution in [2.24, 2.45) is 0 Å². The summed E-state index contributed by atoms with van der Waals surface area (Å²) in [6.45, 7) is 1.74. The summed E-state index contributed by atoms with van der Waals surface area (Å²) in [6.07, 6.45) is 0. The molecule has 1 aliphatic rings. The summed E-state index contributed by atoms with van der Waals surface area (Å²) in [4.78, 5) is 14.5. The van der Waals surface area contributed by atoms with E-state index in [4.69, 9.17) is 13.9 Å². The lowest BCUT2D eigenvalue weighted by Crippen LogP contribution is -2.31. The molecule has 5 heteroatoms. The van der Waals surface area contributed by atoms with Crippen molar-refractivity contribution < 1.29 is 13.9 Å². The summed E-state index contributed by atoms with van der Waals surface area (Å²) in [5.74, 6) is 1.60. The van der Waals surface area contributed by atoms with E-state index in [1.807, 2.05) is 66.7 Å². The second-order valence-corrected chi connectivity index (χ2v) is 7.34. The van der Waals surface area contributed by atoms with Crippen molar-refractivity contribution in [2.45, 2.75) is 13.1 Å². The van der Waals surface area contributed by atoms with Crippen LogP contribution in [0, 0.1) is 0 Å². The summed E-state index contributed by atoms with van der Waals surface area (Å²) in [5.41, 5.74) is 4.05. The second kappa shape index (κ2) is 7.69. The molecule has 0 aliphatic carbocycles. The molecule has 2 heterocycles. The van der Waals surface area contributed by atoms with Crippen molar-refractivity contribution in [3.8, 4) is 22.6 Å². The molecule has 0 unspecified atom stereocenters. The van der Waals surface area contributed by atoms with Crippen LogP contribution in [0.3, 0.4) is 0 Å². The first-order chi connectivity index (χ1) is 14.7. The van der Waals surface area contributed by atoms with E-state index >= 15 is 0 Å². The van der Waals surface area contributed by atoms with Crippen LogP contribution in [0.25, 0.3) is 22.1 Å². The van der Waals surface area contributed by atoms with Gasteiger partial charge in [-0.25, -0.2) is 4.79 Å². The molecular weight excluding hydrogens is 378 g/mol. The molecule has 5 nitrogen and oxygen atoms in total. The van der Waals surface area contributed by atoms with Crippen LogP contribution in [-0.4, -0.2) is 18.7 Å². The van der Waals surface area contributed by atoms with Gasteiger partial charge in [-0.2, -0.15) is 0 Å². The van der Waals surface area contributed by atoms with Crippen molar-refractivity contribution in [3.63, 3.8) is 0 Å². The van der Waals surface area contributed by atoms with Crippen LogP contribution in [0.2, 0.25) is 0 Å². The van der Waals surface area contributed by atoms with Crippen LogP contribution in [0.15, 0.2) is 82.0 Å². The lowest BCUT2D eigenvalue weighted by Gasteiger charge is -2.29. The number of para-hydroxylation sites is 1. The molecule has 0 radical (unpaired) electrons. The summed E-state index contributed by atoms with van der Waals surface area (Å²) in [5, 5.41) is 0.905. The molecule has 150 valence electrons. The Hall–Kier alpha value is -3.57. The van der Waals surface area contributed by atoms with E-state index in [-0.39, 0.29) is 5.63 Å². The Bertz CT molecular complexity index is 1260. The molecule has 5 rings (SSSR count). The molecule has 0 fully saturated rings. The zero-order valence-corrected chi connectivity index (χ0v) is 16.6. The van der Waals surface area contributed by atoms with Gasteiger partial charge in [-0.05, 0) is 29.3 Å². The summed E-state index contributed by atoms with van der Waals surface area (Å²) in [7, 11) is 1.67. The molecule has 3 aromatic carbocycles. The van der Waals surface area contributed by atoms with Gasteiger partial charge in [0.1, 0.15) is 23.8 Å². The smallest absolute Gasteiger partial charge is 0.336 e. The molecule has 0 bridgehead atoms. The molecule has 0 saturated heterocycles. The number of fused-ring (bicyclic) bond motifs is 3. The largest absolute Gasteiger partial charge is 0.496 e. The van der Waals surface area contributed by atoms with E-state index < -0.39 is 0 Å². The quantitative estimate of drug-likeness (QED) is 0.461. The van der Waals surface area contributed by atoms with Crippen LogP contribution < -0.4 is 15.1 Å². The fourth-order valence-electron chi connectivity index (χ4n) is 4.01. The normalized spacial score (nSPS) is 13.6. The van der Waals surface area contributed by atoms with Gasteiger partial charge in [0.15, 0.2) is 0 Å². The average molecular weight is 399 g/mol. The minimum atomic E-state index is -0.364. The van der Waals surface area contributed by atoms with E-state index in [0.717, 1.165) is 39.1 Å². The van der Waals surface area contributed by atoms with Gasteiger partial charge in [-0.1, -0.05) is 48.5 Å². The number of hydrogen-bond donors (Lipinski definition) is 0. The topological polar surface area (TPSA) is 51.9 Å². The molecule has 0 saturated carbocycles. The maximum absolute atomic E-state index is 12.4. The highest BCUT2D eigenvalue weighted by Gasteiger charge is 2.23. The van der Waals surface area contributed by atoms with Crippen molar-refractivity contribution in [1.29, 1.82) is 0 Å². The monoisotopic (exact) mass is 399 g/mol. The minimum absolute atomic E-state index is 0.364. The molecular formula is C25H21NO4. The predicted octanol–water partition coefficient (Wildman–Crippen LogP) is 4.82. The molecule has 0 atom stereocenters. The molecule has 1 aliphatic heterocycles. The molecule has 30 heavy (non-hydrogen) atoms. The summed E-state index contributed by atoms with van der Waals surface area (Å²) in [6, 6.07) is 23.3. The summed E-state index contributed by atoms with van der Waals surface area (Å²) < 4.78 is 17.2. The zero-order valence-electron chi connectivity index (χ0n) is 16.6. The van der Waals surface area contributed by atoms with Gasteiger partial charge in [0.25, 0.3) is 0 Å². The molecule has 1 aromatic heterocycles. The van der Waals surface area contributed by atoms with Crippen molar-refractivity contribution in [2.75, 3.05) is 13.8 Å².